The maximum absolute atomic E-state index is 4.07. The van der Waals surface area contributed by atoms with E-state index in [1.54, 1.807) is 0 Å². The zero-order chi connectivity index (χ0) is 6.95. The van der Waals surface area contributed by atoms with Gasteiger partial charge in [-0.2, -0.15) is 0 Å². The van der Waals surface area contributed by atoms with E-state index in [1.807, 2.05) is 31.4 Å². The molecular formula is C8H13N. The third-order valence-corrected chi connectivity index (χ3v) is 0.846. The molecule has 0 aliphatic rings. The van der Waals surface area contributed by atoms with Crippen LogP contribution in [0.1, 0.15) is 13.3 Å². The monoisotopic (exact) mass is 123 g/mol. The predicted octanol–water partition coefficient (Wildman–Crippen LogP) is 2.21. The molecule has 0 spiro atoms. The van der Waals surface area contributed by atoms with Crippen molar-refractivity contribution in [2.24, 2.45) is 4.99 Å². The number of hydrogen-bond acceptors (Lipinski definition) is 1. The second-order valence-electron chi connectivity index (χ2n) is 1.66. The largest absolute Gasteiger partial charge is 0.293 e. The van der Waals surface area contributed by atoms with Crippen LogP contribution in [0, 0.1) is 0 Å². The smallest absolute Gasteiger partial charge is 0.0423 e. The first-order chi connectivity index (χ1) is 4.41. The summed E-state index contributed by atoms with van der Waals surface area (Å²) in [7, 11) is 0. The summed E-state index contributed by atoms with van der Waals surface area (Å²) >= 11 is 0. The molecule has 1 heteroatoms. The third kappa shape index (κ3) is 7.15. The normalized spacial score (nSPS) is 11.2. The highest BCUT2D eigenvalue weighted by atomic mass is 14.7. The molecule has 0 aliphatic carbocycles. The van der Waals surface area contributed by atoms with Crippen LogP contribution in [0.25, 0.3) is 0 Å². The maximum Gasteiger partial charge on any atom is 0.0423 e. The number of nitrogens with zero attached hydrogens (tertiary/aromatic N) is 1. The Bertz CT molecular complexity index is 112. The molecule has 0 N–H and O–H groups in total. The maximum atomic E-state index is 4.07. The molecule has 1 nitrogen and oxygen atoms in total. The molecule has 0 saturated carbocycles. The van der Waals surface area contributed by atoms with E-state index < -0.39 is 0 Å². The van der Waals surface area contributed by atoms with Crippen molar-refractivity contribution in [1.82, 2.24) is 0 Å². The van der Waals surface area contributed by atoms with Gasteiger partial charge in [-0.15, -0.1) is 6.58 Å². The fraction of sp³-hybridized carbons (Fsp3) is 0.375. The molecule has 0 radical (unpaired) electrons. The Morgan fingerprint density at radius 3 is 2.89 bits per heavy atom. The standard InChI is InChI=1S/C8H13N/c1-3-5-7-9-8-6-4-2/h3-4,6,8H,1,5,7H2,2H3/b6-4-,9-8-. The number of hydrogen-bond donors (Lipinski definition) is 0. The molecule has 0 fully saturated rings. The van der Waals surface area contributed by atoms with Gasteiger partial charge >= 0.3 is 0 Å². The van der Waals surface area contributed by atoms with Crippen LogP contribution in [0.3, 0.4) is 0 Å². The van der Waals surface area contributed by atoms with Crippen LogP contribution in [0.15, 0.2) is 29.8 Å². The molecule has 0 bridgehead atoms. The molecule has 0 aromatic heterocycles. The Hall–Kier alpha value is -0.850. The molecule has 0 amide bonds. The number of rotatable bonds is 4. The van der Waals surface area contributed by atoms with Crippen molar-refractivity contribution in [3.8, 4) is 0 Å². The van der Waals surface area contributed by atoms with Gasteiger partial charge in [-0.1, -0.05) is 12.2 Å². The quantitative estimate of drug-likeness (QED) is 0.309. The van der Waals surface area contributed by atoms with Gasteiger partial charge in [0.25, 0.3) is 0 Å². The Morgan fingerprint density at radius 1 is 1.56 bits per heavy atom. The number of aliphatic imine (C=N–C) groups is 1. The summed E-state index contributed by atoms with van der Waals surface area (Å²) in [5, 5.41) is 0. The van der Waals surface area contributed by atoms with Crippen LogP contribution in [0.5, 0.6) is 0 Å². The summed E-state index contributed by atoms with van der Waals surface area (Å²) in [4.78, 5) is 4.07. The first-order valence-electron chi connectivity index (χ1n) is 3.13. The van der Waals surface area contributed by atoms with Crippen molar-refractivity contribution < 1.29 is 0 Å². The molecule has 50 valence electrons. The van der Waals surface area contributed by atoms with E-state index in [2.05, 4.69) is 11.6 Å². The molecule has 0 saturated heterocycles. The van der Waals surface area contributed by atoms with Gasteiger partial charge in [0.2, 0.25) is 0 Å². The van der Waals surface area contributed by atoms with E-state index in [9.17, 15) is 0 Å². The summed E-state index contributed by atoms with van der Waals surface area (Å²) in [6, 6.07) is 0. The fourth-order valence-corrected chi connectivity index (χ4v) is 0.387. The second-order valence-corrected chi connectivity index (χ2v) is 1.66. The lowest BCUT2D eigenvalue weighted by Crippen LogP contribution is -1.74. The van der Waals surface area contributed by atoms with Crippen molar-refractivity contribution in [3.63, 3.8) is 0 Å². The number of allylic oxidation sites excluding steroid dienone is 2. The molecule has 0 heterocycles. The third-order valence-electron chi connectivity index (χ3n) is 0.846. The molecule has 0 aliphatic heterocycles. The molecule has 0 aromatic carbocycles. The zero-order valence-corrected chi connectivity index (χ0v) is 5.88. The molecule has 0 aromatic rings. The van der Waals surface area contributed by atoms with E-state index in [0.29, 0.717) is 0 Å². The van der Waals surface area contributed by atoms with Crippen LogP contribution in [-0.4, -0.2) is 12.8 Å². The highest BCUT2D eigenvalue weighted by molar-refractivity contribution is 5.70. The van der Waals surface area contributed by atoms with Gasteiger partial charge in [-0.3, -0.25) is 4.99 Å². The lowest BCUT2D eigenvalue weighted by Gasteiger charge is -1.81. The summed E-state index contributed by atoms with van der Waals surface area (Å²) in [6.45, 7) is 6.41. The average Bonchev–Trinajstić information content (AvgIpc) is 1.89. The SMILES string of the molecule is C=CCC/N=C\C=C/C. The fourth-order valence-electron chi connectivity index (χ4n) is 0.387. The molecule has 0 rings (SSSR count). The Morgan fingerprint density at radius 2 is 2.33 bits per heavy atom. The summed E-state index contributed by atoms with van der Waals surface area (Å²) in [6.07, 6.45) is 8.52. The first-order valence-corrected chi connectivity index (χ1v) is 3.13. The Labute approximate surface area is 56.8 Å². The molecule has 0 atom stereocenters. The molecule has 9 heavy (non-hydrogen) atoms. The first kappa shape index (κ1) is 8.15. The van der Waals surface area contributed by atoms with Gasteiger partial charge in [0.1, 0.15) is 0 Å². The minimum atomic E-state index is 0.855. The van der Waals surface area contributed by atoms with E-state index in [-0.39, 0.29) is 0 Å². The van der Waals surface area contributed by atoms with Crippen molar-refractivity contribution in [2.45, 2.75) is 13.3 Å². The van der Waals surface area contributed by atoms with Crippen LogP contribution < -0.4 is 0 Å². The summed E-state index contributed by atoms with van der Waals surface area (Å²) < 4.78 is 0. The minimum absolute atomic E-state index is 0.855. The van der Waals surface area contributed by atoms with Gasteiger partial charge in [-0.05, 0) is 19.4 Å². The van der Waals surface area contributed by atoms with E-state index in [0.717, 1.165) is 13.0 Å². The Kier molecular flexibility index (Phi) is 6.47. The topological polar surface area (TPSA) is 12.4 Å². The van der Waals surface area contributed by atoms with Crippen molar-refractivity contribution in [2.75, 3.05) is 6.54 Å². The predicted molar refractivity (Wildman–Crippen MR) is 43.0 cm³/mol. The molecule has 0 unspecified atom stereocenters. The van der Waals surface area contributed by atoms with Crippen molar-refractivity contribution in [3.05, 3.63) is 24.8 Å². The highest BCUT2D eigenvalue weighted by Gasteiger charge is 1.70. The second kappa shape index (κ2) is 7.15. The highest BCUT2D eigenvalue weighted by Crippen LogP contribution is 1.79. The van der Waals surface area contributed by atoms with Crippen LogP contribution in [0.4, 0.5) is 0 Å². The lowest BCUT2D eigenvalue weighted by atomic mass is 10.4. The molecular weight excluding hydrogens is 110 g/mol. The van der Waals surface area contributed by atoms with Gasteiger partial charge in [0.15, 0.2) is 0 Å². The zero-order valence-electron chi connectivity index (χ0n) is 5.88. The minimum Gasteiger partial charge on any atom is -0.293 e. The summed E-state index contributed by atoms with van der Waals surface area (Å²) in [5.41, 5.74) is 0. The summed E-state index contributed by atoms with van der Waals surface area (Å²) in [5.74, 6) is 0. The van der Waals surface area contributed by atoms with Crippen LogP contribution >= 0.6 is 0 Å². The van der Waals surface area contributed by atoms with E-state index in [1.165, 1.54) is 0 Å². The van der Waals surface area contributed by atoms with Crippen molar-refractivity contribution in [1.29, 1.82) is 0 Å². The van der Waals surface area contributed by atoms with Gasteiger partial charge in [0, 0.05) is 12.8 Å². The van der Waals surface area contributed by atoms with E-state index >= 15 is 0 Å². The van der Waals surface area contributed by atoms with Crippen LogP contribution in [0.2, 0.25) is 0 Å². The van der Waals surface area contributed by atoms with Crippen LogP contribution in [-0.2, 0) is 0 Å². The van der Waals surface area contributed by atoms with Crippen molar-refractivity contribution >= 4 is 6.21 Å². The van der Waals surface area contributed by atoms with E-state index in [4.69, 9.17) is 0 Å². The average molecular weight is 123 g/mol. The Balaban J connectivity index is 3.14. The van der Waals surface area contributed by atoms with Gasteiger partial charge < -0.3 is 0 Å². The van der Waals surface area contributed by atoms with Gasteiger partial charge in [0.05, 0.1) is 0 Å². The van der Waals surface area contributed by atoms with Gasteiger partial charge in [-0.25, -0.2) is 0 Å². The lowest BCUT2D eigenvalue weighted by molar-refractivity contribution is 1.02.